The van der Waals surface area contributed by atoms with E-state index in [1.807, 2.05) is 0 Å². The number of hydrogen-bond donors (Lipinski definition) is 1. The fourth-order valence-corrected chi connectivity index (χ4v) is 3.26. The first-order valence-electron chi connectivity index (χ1n) is 7.73. The van der Waals surface area contributed by atoms with Crippen LogP contribution in [0.2, 0.25) is 5.02 Å². The molecule has 2 unspecified atom stereocenters. The molecule has 1 fully saturated rings. The molecule has 2 nitrogen and oxygen atoms in total. The highest BCUT2D eigenvalue weighted by atomic mass is 35.5. The number of halogens is 1. The second-order valence-electron chi connectivity index (χ2n) is 5.78. The lowest BCUT2D eigenvalue weighted by molar-refractivity contribution is 0.0996. The number of hydrogen-bond acceptors (Lipinski definition) is 2. The van der Waals surface area contributed by atoms with E-state index < -0.39 is 0 Å². The SMILES string of the molecule is CCNC(CCC1CCCO1)c1cc(C)c(C)cc1Cl. The molecule has 0 bridgehead atoms. The molecule has 1 N–H and O–H groups in total. The van der Waals surface area contributed by atoms with Gasteiger partial charge in [-0.15, -0.1) is 0 Å². The lowest BCUT2D eigenvalue weighted by Gasteiger charge is -2.22. The van der Waals surface area contributed by atoms with Crippen molar-refractivity contribution < 1.29 is 4.74 Å². The third-order valence-electron chi connectivity index (χ3n) is 4.24. The Morgan fingerprint density at radius 2 is 2.10 bits per heavy atom. The average molecular weight is 296 g/mol. The topological polar surface area (TPSA) is 21.3 Å². The van der Waals surface area contributed by atoms with Gasteiger partial charge in [0.05, 0.1) is 6.10 Å². The van der Waals surface area contributed by atoms with Crippen LogP contribution in [0.5, 0.6) is 0 Å². The third kappa shape index (κ3) is 3.97. The summed E-state index contributed by atoms with van der Waals surface area (Å²) in [6.45, 7) is 8.30. The molecule has 20 heavy (non-hydrogen) atoms. The first kappa shape index (κ1) is 15.8. The van der Waals surface area contributed by atoms with Gasteiger partial charge in [-0.1, -0.05) is 24.6 Å². The third-order valence-corrected chi connectivity index (χ3v) is 4.57. The van der Waals surface area contributed by atoms with Crippen LogP contribution < -0.4 is 5.32 Å². The van der Waals surface area contributed by atoms with E-state index in [1.54, 1.807) is 0 Å². The van der Waals surface area contributed by atoms with Gasteiger partial charge in [-0.3, -0.25) is 0 Å². The largest absolute Gasteiger partial charge is 0.378 e. The van der Waals surface area contributed by atoms with Crippen molar-refractivity contribution in [3.8, 4) is 0 Å². The predicted molar refractivity (Wildman–Crippen MR) is 85.6 cm³/mol. The average Bonchev–Trinajstić information content (AvgIpc) is 2.92. The molecular weight excluding hydrogens is 270 g/mol. The molecule has 2 rings (SSSR count). The van der Waals surface area contributed by atoms with Gasteiger partial charge in [0.1, 0.15) is 0 Å². The van der Waals surface area contributed by atoms with Gasteiger partial charge in [-0.2, -0.15) is 0 Å². The van der Waals surface area contributed by atoms with Crippen molar-refractivity contribution in [2.45, 2.75) is 58.6 Å². The van der Waals surface area contributed by atoms with Crippen molar-refractivity contribution in [2.24, 2.45) is 0 Å². The highest BCUT2D eigenvalue weighted by Gasteiger charge is 2.20. The summed E-state index contributed by atoms with van der Waals surface area (Å²) in [4.78, 5) is 0. The Labute approximate surface area is 127 Å². The normalized spacial score (nSPS) is 20.3. The first-order chi connectivity index (χ1) is 9.61. The molecule has 1 heterocycles. The number of ether oxygens (including phenoxy) is 1. The van der Waals surface area contributed by atoms with Crippen molar-refractivity contribution in [3.05, 3.63) is 33.8 Å². The van der Waals surface area contributed by atoms with Crippen LogP contribution in [0.4, 0.5) is 0 Å². The van der Waals surface area contributed by atoms with Gasteiger partial charge >= 0.3 is 0 Å². The minimum absolute atomic E-state index is 0.330. The summed E-state index contributed by atoms with van der Waals surface area (Å²) in [6, 6.07) is 4.65. The molecule has 1 aliphatic rings. The molecule has 0 aromatic heterocycles. The van der Waals surface area contributed by atoms with Gasteiger partial charge in [0, 0.05) is 17.7 Å². The molecule has 112 valence electrons. The first-order valence-corrected chi connectivity index (χ1v) is 8.11. The number of benzene rings is 1. The van der Waals surface area contributed by atoms with E-state index in [1.165, 1.54) is 29.5 Å². The second kappa shape index (κ2) is 7.44. The summed E-state index contributed by atoms with van der Waals surface area (Å²) < 4.78 is 5.73. The molecule has 0 radical (unpaired) electrons. The standard InChI is InChI=1S/C17H26ClNO/c1-4-19-17(8-7-14-6-5-9-20-14)15-10-12(2)13(3)11-16(15)18/h10-11,14,17,19H,4-9H2,1-3H3. The van der Waals surface area contributed by atoms with Crippen LogP contribution in [0, 0.1) is 13.8 Å². The van der Waals surface area contributed by atoms with Crippen molar-refractivity contribution in [1.29, 1.82) is 0 Å². The molecule has 0 amide bonds. The van der Waals surface area contributed by atoms with Crippen LogP contribution in [0.15, 0.2) is 12.1 Å². The lowest BCUT2D eigenvalue weighted by atomic mass is 9.96. The highest BCUT2D eigenvalue weighted by Crippen LogP contribution is 2.30. The predicted octanol–water partition coefficient (Wildman–Crippen LogP) is 4.57. The van der Waals surface area contributed by atoms with Crippen LogP contribution >= 0.6 is 11.6 Å². The fraction of sp³-hybridized carbons (Fsp3) is 0.647. The summed E-state index contributed by atoms with van der Waals surface area (Å²) in [6.07, 6.45) is 5.06. The van der Waals surface area contributed by atoms with Crippen molar-refractivity contribution >= 4 is 11.6 Å². The van der Waals surface area contributed by atoms with Gasteiger partial charge in [-0.25, -0.2) is 0 Å². The highest BCUT2D eigenvalue weighted by molar-refractivity contribution is 6.31. The van der Waals surface area contributed by atoms with Crippen LogP contribution in [0.25, 0.3) is 0 Å². The van der Waals surface area contributed by atoms with E-state index in [4.69, 9.17) is 16.3 Å². The Morgan fingerprint density at radius 1 is 1.35 bits per heavy atom. The van der Waals surface area contributed by atoms with E-state index in [0.717, 1.165) is 31.0 Å². The Hall–Kier alpha value is -0.570. The second-order valence-corrected chi connectivity index (χ2v) is 6.19. The van der Waals surface area contributed by atoms with E-state index in [9.17, 15) is 0 Å². The van der Waals surface area contributed by atoms with Crippen molar-refractivity contribution in [1.82, 2.24) is 5.32 Å². The van der Waals surface area contributed by atoms with Crippen LogP contribution in [0.1, 0.15) is 55.3 Å². The number of nitrogens with one attached hydrogen (secondary N) is 1. The Bertz CT molecular complexity index is 441. The minimum Gasteiger partial charge on any atom is -0.378 e. The minimum atomic E-state index is 0.330. The summed E-state index contributed by atoms with van der Waals surface area (Å²) in [5.41, 5.74) is 3.80. The van der Waals surface area contributed by atoms with Gasteiger partial charge in [-0.05, 0) is 68.8 Å². The Kier molecular flexibility index (Phi) is 5.88. The molecule has 3 heteroatoms. The summed E-state index contributed by atoms with van der Waals surface area (Å²) in [5, 5.41) is 4.45. The molecule has 1 aromatic carbocycles. The zero-order valence-electron chi connectivity index (χ0n) is 12.8. The fourth-order valence-electron chi connectivity index (χ4n) is 2.91. The van der Waals surface area contributed by atoms with Gasteiger partial charge in [0.2, 0.25) is 0 Å². The smallest absolute Gasteiger partial charge is 0.0576 e. The Morgan fingerprint density at radius 3 is 2.75 bits per heavy atom. The van der Waals surface area contributed by atoms with Gasteiger partial charge in [0.25, 0.3) is 0 Å². The van der Waals surface area contributed by atoms with E-state index >= 15 is 0 Å². The van der Waals surface area contributed by atoms with Gasteiger partial charge in [0.15, 0.2) is 0 Å². The molecule has 1 aliphatic heterocycles. The molecule has 2 atom stereocenters. The Balaban J connectivity index is 2.08. The quantitative estimate of drug-likeness (QED) is 0.830. The molecule has 0 spiro atoms. The van der Waals surface area contributed by atoms with Crippen LogP contribution in [-0.2, 0) is 4.74 Å². The number of rotatable bonds is 6. The summed E-state index contributed by atoms with van der Waals surface area (Å²) >= 11 is 6.46. The zero-order valence-corrected chi connectivity index (χ0v) is 13.6. The monoisotopic (exact) mass is 295 g/mol. The van der Waals surface area contributed by atoms with Crippen molar-refractivity contribution in [3.63, 3.8) is 0 Å². The molecule has 1 aromatic rings. The molecule has 1 saturated heterocycles. The van der Waals surface area contributed by atoms with Crippen LogP contribution in [0.3, 0.4) is 0 Å². The van der Waals surface area contributed by atoms with Crippen molar-refractivity contribution in [2.75, 3.05) is 13.2 Å². The molecular formula is C17H26ClNO. The van der Waals surface area contributed by atoms with E-state index in [2.05, 4.69) is 38.2 Å². The van der Waals surface area contributed by atoms with E-state index in [0.29, 0.717) is 12.1 Å². The maximum atomic E-state index is 6.46. The summed E-state index contributed by atoms with van der Waals surface area (Å²) in [7, 11) is 0. The zero-order chi connectivity index (χ0) is 14.5. The maximum absolute atomic E-state index is 6.46. The van der Waals surface area contributed by atoms with Gasteiger partial charge < -0.3 is 10.1 Å². The molecule has 0 aliphatic carbocycles. The molecule has 0 saturated carbocycles. The van der Waals surface area contributed by atoms with E-state index in [-0.39, 0.29) is 0 Å². The lowest BCUT2D eigenvalue weighted by Crippen LogP contribution is -2.23. The van der Waals surface area contributed by atoms with Crippen LogP contribution in [-0.4, -0.2) is 19.3 Å². The maximum Gasteiger partial charge on any atom is 0.0576 e. The number of aryl methyl sites for hydroxylation is 2. The summed E-state index contributed by atoms with van der Waals surface area (Å²) in [5.74, 6) is 0.